The minimum absolute atomic E-state index is 0.241. The Hall–Kier alpha value is -3.43. The number of rotatable bonds is 6. The fourth-order valence-corrected chi connectivity index (χ4v) is 5.59. The van der Waals surface area contributed by atoms with E-state index in [9.17, 15) is 4.79 Å². The van der Waals surface area contributed by atoms with Gasteiger partial charge in [-0.1, -0.05) is 63.4 Å². The molecule has 6 rings (SSSR count). The van der Waals surface area contributed by atoms with Crippen molar-refractivity contribution in [2.24, 2.45) is 5.10 Å². The van der Waals surface area contributed by atoms with Crippen molar-refractivity contribution in [3.8, 4) is 17.3 Å². The van der Waals surface area contributed by atoms with E-state index in [1.165, 1.54) is 10.9 Å². The molecule has 198 valence electrons. The Morgan fingerprint density at radius 2 is 1.75 bits per heavy atom. The third-order valence-corrected chi connectivity index (χ3v) is 7.67. The zero-order chi connectivity index (χ0) is 27.8. The summed E-state index contributed by atoms with van der Waals surface area (Å²) in [5.74, 6) is 1.14. The maximum atomic E-state index is 13.6. The van der Waals surface area contributed by atoms with Gasteiger partial charge in [-0.2, -0.15) is 9.78 Å². The number of hydrogen-bond donors (Lipinski definition) is 0. The standard InChI is InChI=1S/C30H17Br2Cl2N3O3/c31-20-7-5-17(6-8-20)16-39-28-19(12-22(34)14-24(28)32)15-35-37-29(36-25-4-2-1-3-23(25)30(37)38)27-13-18-11-21(33)9-10-26(18)40-27/h1-15H,16H2. The van der Waals surface area contributed by atoms with Gasteiger partial charge in [0.25, 0.3) is 5.56 Å². The topological polar surface area (TPSA) is 69.6 Å². The molecule has 0 amide bonds. The predicted molar refractivity (Wildman–Crippen MR) is 167 cm³/mol. The molecule has 0 saturated heterocycles. The summed E-state index contributed by atoms with van der Waals surface area (Å²) >= 11 is 19.5. The Bertz CT molecular complexity index is 1990. The quantitative estimate of drug-likeness (QED) is 0.163. The van der Waals surface area contributed by atoms with Gasteiger partial charge in [0.05, 0.1) is 21.6 Å². The summed E-state index contributed by atoms with van der Waals surface area (Å²) < 4.78 is 15.1. The number of nitrogens with zero attached hydrogens (tertiary/aromatic N) is 3. The van der Waals surface area contributed by atoms with Crippen LogP contribution in [0.15, 0.2) is 108 Å². The number of para-hydroxylation sites is 1. The third-order valence-electron chi connectivity index (χ3n) is 6.10. The van der Waals surface area contributed by atoms with Crippen molar-refractivity contribution in [3.63, 3.8) is 0 Å². The minimum Gasteiger partial charge on any atom is -0.487 e. The first-order chi connectivity index (χ1) is 19.4. The van der Waals surface area contributed by atoms with Gasteiger partial charge in [0.2, 0.25) is 5.82 Å². The largest absolute Gasteiger partial charge is 0.487 e. The molecule has 0 aliphatic carbocycles. The minimum atomic E-state index is -0.353. The highest BCUT2D eigenvalue weighted by molar-refractivity contribution is 9.10. The number of benzene rings is 4. The Morgan fingerprint density at radius 1 is 0.950 bits per heavy atom. The first-order valence-corrected chi connectivity index (χ1v) is 14.3. The van der Waals surface area contributed by atoms with Crippen LogP contribution in [0.4, 0.5) is 0 Å². The molecule has 0 bridgehead atoms. The average Bonchev–Trinajstić information content (AvgIpc) is 3.36. The molecule has 0 atom stereocenters. The van der Waals surface area contributed by atoms with E-state index in [1.807, 2.05) is 30.3 Å². The van der Waals surface area contributed by atoms with Crippen LogP contribution in [0, 0.1) is 0 Å². The molecular formula is C30H17Br2Cl2N3O3. The molecular weight excluding hydrogens is 681 g/mol. The molecule has 6 nitrogen and oxygen atoms in total. The van der Waals surface area contributed by atoms with E-state index in [0.29, 0.717) is 54.7 Å². The SMILES string of the molecule is O=c1c2ccccc2nc(-c2cc3cc(Cl)ccc3o2)n1N=Cc1cc(Cl)cc(Br)c1OCc1ccc(Br)cc1. The van der Waals surface area contributed by atoms with Crippen LogP contribution < -0.4 is 10.3 Å². The molecule has 40 heavy (non-hydrogen) atoms. The van der Waals surface area contributed by atoms with Gasteiger partial charge in [-0.05, 0) is 82.2 Å². The van der Waals surface area contributed by atoms with Crippen molar-refractivity contribution >= 4 is 83.1 Å². The third kappa shape index (κ3) is 5.45. The maximum absolute atomic E-state index is 13.6. The number of halogens is 4. The molecule has 0 N–H and O–H groups in total. The van der Waals surface area contributed by atoms with Crippen molar-refractivity contribution in [2.45, 2.75) is 6.61 Å². The summed E-state index contributed by atoms with van der Waals surface area (Å²) in [6, 6.07) is 25.5. The van der Waals surface area contributed by atoms with Crippen LogP contribution in [0.2, 0.25) is 10.0 Å². The van der Waals surface area contributed by atoms with Crippen LogP contribution in [-0.2, 0) is 6.61 Å². The average molecular weight is 698 g/mol. The first-order valence-electron chi connectivity index (χ1n) is 12.0. The van der Waals surface area contributed by atoms with E-state index in [-0.39, 0.29) is 11.4 Å². The zero-order valence-electron chi connectivity index (χ0n) is 20.4. The van der Waals surface area contributed by atoms with Crippen molar-refractivity contribution in [3.05, 3.63) is 125 Å². The summed E-state index contributed by atoms with van der Waals surface area (Å²) in [5, 5.41) is 6.81. The number of ether oxygens (including phenoxy) is 1. The van der Waals surface area contributed by atoms with Gasteiger partial charge in [-0.3, -0.25) is 4.79 Å². The van der Waals surface area contributed by atoms with Crippen LogP contribution in [-0.4, -0.2) is 15.9 Å². The lowest BCUT2D eigenvalue weighted by Gasteiger charge is -2.12. The monoisotopic (exact) mass is 695 g/mol. The van der Waals surface area contributed by atoms with Crippen molar-refractivity contribution in [1.29, 1.82) is 0 Å². The van der Waals surface area contributed by atoms with Gasteiger partial charge in [-0.25, -0.2) is 4.98 Å². The lowest BCUT2D eigenvalue weighted by molar-refractivity contribution is 0.304. The van der Waals surface area contributed by atoms with Crippen molar-refractivity contribution in [2.75, 3.05) is 0 Å². The molecule has 0 aliphatic rings. The van der Waals surface area contributed by atoms with Crippen LogP contribution in [0.1, 0.15) is 11.1 Å². The molecule has 10 heteroatoms. The van der Waals surface area contributed by atoms with Gasteiger partial charge < -0.3 is 9.15 Å². The molecule has 2 heterocycles. The van der Waals surface area contributed by atoms with E-state index < -0.39 is 0 Å². The van der Waals surface area contributed by atoms with E-state index in [4.69, 9.17) is 37.3 Å². The van der Waals surface area contributed by atoms with Crippen LogP contribution in [0.25, 0.3) is 33.5 Å². The van der Waals surface area contributed by atoms with Crippen LogP contribution in [0.3, 0.4) is 0 Å². The normalized spacial score (nSPS) is 11.6. The van der Waals surface area contributed by atoms with Gasteiger partial charge in [0.1, 0.15) is 17.9 Å². The molecule has 2 aromatic heterocycles. The summed E-state index contributed by atoms with van der Waals surface area (Å²) in [6.45, 7) is 0.318. The molecule has 4 aromatic carbocycles. The summed E-state index contributed by atoms with van der Waals surface area (Å²) in [7, 11) is 0. The van der Waals surface area contributed by atoms with Gasteiger partial charge in [-0.15, -0.1) is 0 Å². The Morgan fingerprint density at radius 3 is 2.58 bits per heavy atom. The zero-order valence-corrected chi connectivity index (χ0v) is 25.1. The summed E-state index contributed by atoms with van der Waals surface area (Å²) in [6.07, 6.45) is 1.52. The number of hydrogen-bond acceptors (Lipinski definition) is 5. The molecule has 0 spiro atoms. The second kappa shape index (κ2) is 11.2. The van der Waals surface area contributed by atoms with E-state index in [1.54, 1.807) is 54.6 Å². The first kappa shape index (κ1) is 26.8. The van der Waals surface area contributed by atoms with Crippen LogP contribution in [0.5, 0.6) is 5.75 Å². The Kier molecular flexibility index (Phi) is 7.51. The highest BCUT2D eigenvalue weighted by atomic mass is 79.9. The van der Waals surface area contributed by atoms with Crippen molar-refractivity contribution in [1.82, 2.24) is 9.66 Å². The number of fused-ring (bicyclic) bond motifs is 2. The van der Waals surface area contributed by atoms with E-state index >= 15 is 0 Å². The Balaban J connectivity index is 1.46. The number of furan rings is 1. The van der Waals surface area contributed by atoms with E-state index in [0.717, 1.165) is 15.4 Å². The summed E-state index contributed by atoms with van der Waals surface area (Å²) in [5.41, 5.74) is 2.33. The lowest BCUT2D eigenvalue weighted by atomic mass is 10.2. The molecule has 0 aliphatic heterocycles. The fraction of sp³-hybridized carbons (Fsp3) is 0.0333. The molecule has 6 aromatic rings. The molecule has 0 fully saturated rings. The number of aromatic nitrogens is 2. The van der Waals surface area contributed by atoms with E-state index in [2.05, 4.69) is 37.0 Å². The van der Waals surface area contributed by atoms with Gasteiger partial charge in [0.15, 0.2) is 5.76 Å². The smallest absolute Gasteiger partial charge is 0.282 e. The van der Waals surface area contributed by atoms with Crippen molar-refractivity contribution < 1.29 is 9.15 Å². The second-order valence-corrected chi connectivity index (χ2v) is 11.5. The van der Waals surface area contributed by atoms with Crippen LogP contribution >= 0.6 is 55.1 Å². The highest BCUT2D eigenvalue weighted by Gasteiger charge is 2.17. The lowest BCUT2D eigenvalue weighted by Crippen LogP contribution is -2.20. The highest BCUT2D eigenvalue weighted by Crippen LogP contribution is 2.33. The summed E-state index contributed by atoms with van der Waals surface area (Å²) in [4.78, 5) is 18.4. The second-order valence-electron chi connectivity index (χ2n) is 8.83. The van der Waals surface area contributed by atoms with Gasteiger partial charge >= 0.3 is 0 Å². The Labute approximate surface area is 255 Å². The molecule has 0 saturated carbocycles. The molecule has 0 radical (unpaired) electrons. The molecule has 0 unspecified atom stereocenters. The van der Waals surface area contributed by atoms with Gasteiger partial charge in [0, 0.05) is 25.5 Å². The fourth-order valence-electron chi connectivity index (χ4n) is 4.20. The predicted octanol–water partition coefficient (Wildman–Crippen LogP) is 9.10. The maximum Gasteiger partial charge on any atom is 0.282 e.